The number of aromatic hydroxyl groups is 1. The lowest BCUT2D eigenvalue weighted by Gasteiger charge is -2.04. The van der Waals surface area contributed by atoms with Crippen LogP contribution >= 0.6 is 0 Å². The van der Waals surface area contributed by atoms with Crippen molar-refractivity contribution in [2.45, 2.75) is 0 Å². The van der Waals surface area contributed by atoms with Gasteiger partial charge >= 0.3 is 5.97 Å². The van der Waals surface area contributed by atoms with Gasteiger partial charge in [-0.3, -0.25) is 0 Å². The van der Waals surface area contributed by atoms with Gasteiger partial charge in [0.05, 0.1) is 18.2 Å². The summed E-state index contributed by atoms with van der Waals surface area (Å²) in [6, 6.07) is 11.1. The van der Waals surface area contributed by atoms with Crippen LogP contribution in [0.1, 0.15) is 15.9 Å². The van der Waals surface area contributed by atoms with Crippen LogP contribution in [0, 0.1) is 12.0 Å². The molecule has 0 spiro atoms. The van der Waals surface area contributed by atoms with Gasteiger partial charge in [0.2, 0.25) is 5.88 Å². The van der Waals surface area contributed by atoms with Crippen LogP contribution in [0.25, 0.3) is 11.4 Å². The fourth-order valence-electron chi connectivity index (χ4n) is 1.91. The van der Waals surface area contributed by atoms with Crippen molar-refractivity contribution >= 4 is 5.97 Å². The van der Waals surface area contributed by atoms with Crippen LogP contribution in [0.2, 0.25) is 0 Å². The summed E-state index contributed by atoms with van der Waals surface area (Å²) >= 11 is 0. The smallest absolute Gasteiger partial charge is 0.337 e. The van der Waals surface area contributed by atoms with Gasteiger partial charge in [-0.2, -0.15) is 0 Å². The fourth-order valence-corrected chi connectivity index (χ4v) is 1.91. The Kier molecular flexibility index (Phi) is 3.46. The number of methoxy groups -OCH3 is 1. The van der Waals surface area contributed by atoms with Crippen LogP contribution in [-0.4, -0.2) is 32.7 Å². The fraction of sp³-hybridized carbons (Fsp3) is 0.0625. The van der Waals surface area contributed by atoms with E-state index in [1.54, 1.807) is 36.5 Å². The molecule has 0 saturated carbocycles. The second-order valence-corrected chi connectivity index (χ2v) is 4.43. The Morgan fingerprint density at radius 2 is 2.00 bits per heavy atom. The lowest BCUT2D eigenvalue weighted by Crippen LogP contribution is -2.00. The summed E-state index contributed by atoms with van der Waals surface area (Å²) in [5.41, 5.74) is 1.69. The molecule has 0 unspecified atom stereocenters. The van der Waals surface area contributed by atoms with Gasteiger partial charge in [-0.25, -0.2) is 19.3 Å². The first-order valence-electron chi connectivity index (χ1n) is 6.40. The third-order valence-electron chi connectivity index (χ3n) is 3.07. The molecular weight excluding hydrogens is 282 g/mol. The average molecular weight is 293 g/mol. The van der Waals surface area contributed by atoms with Crippen LogP contribution in [0.3, 0.4) is 0 Å². The number of carbonyl (C=O) groups is 1. The molecule has 3 rings (SSSR count). The summed E-state index contributed by atoms with van der Waals surface area (Å²) in [5.74, 6) is 2.94. The molecule has 2 aliphatic rings. The molecule has 0 radical (unpaired) electrons. The Hall–Kier alpha value is -3.33. The van der Waals surface area contributed by atoms with Crippen LogP contribution in [0.15, 0.2) is 42.9 Å². The molecule has 0 amide bonds. The monoisotopic (exact) mass is 293 g/mol. The van der Waals surface area contributed by atoms with Crippen molar-refractivity contribution in [3.63, 3.8) is 0 Å². The van der Waals surface area contributed by atoms with E-state index in [1.807, 2.05) is 0 Å². The van der Waals surface area contributed by atoms with Crippen molar-refractivity contribution in [3.8, 4) is 29.2 Å². The minimum atomic E-state index is -0.398. The summed E-state index contributed by atoms with van der Waals surface area (Å²) in [5, 5.41) is 10.1. The van der Waals surface area contributed by atoms with Crippen molar-refractivity contribution in [3.05, 3.63) is 54.0 Å². The SMILES string of the molecule is COC(=O)c1ccc(C#Cn2cnc3nccc-3c2O)cc1. The molecule has 2 heterocycles. The molecule has 1 aromatic rings. The Morgan fingerprint density at radius 1 is 1.23 bits per heavy atom. The van der Waals surface area contributed by atoms with E-state index in [9.17, 15) is 9.90 Å². The number of esters is 1. The van der Waals surface area contributed by atoms with Crippen LogP contribution in [0.5, 0.6) is 5.88 Å². The molecule has 0 aromatic heterocycles. The Morgan fingerprint density at radius 3 is 2.73 bits per heavy atom. The molecule has 1 aromatic carbocycles. The number of rotatable bonds is 1. The molecule has 0 atom stereocenters. The highest BCUT2D eigenvalue weighted by Crippen LogP contribution is 2.26. The first kappa shape index (κ1) is 13.6. The molecule has 0 saturated heterocycles. The number of nitrogens with zero attached hydrogens (tertiary/aromatic N) is 3. The zero-order chi connectivity index (χ0) is 15.5. The highest BCUT2D eigenvalue weighted by Gasteiger charge is 2.12. The van der Waals surface area contributed by atoms with Gasteiger partial charge in [-0.05, 0) is 36.3 Å². The first-order valence-corrected chi connectivity index (χ1v) is 6.40. The quantitative estimate of drug-likeness (QED) is 0.546. The molecule has 0 aliphatic carbocycles. The van der Waals surface area contributed by atoms with Crippen molar-refractivity contribution in [1.29, 1.82) is 0 Å². The standard InChI is InChI=1S/C16H11N3O3/c1-22-16(21)12-4-2-11(3-5-12)7-9-19-10-18-14-13(15(19)20)6-8-17-14/h2-6,8,10,20H,1H3. The third kappa shape index (κ3) is 2.47. The van der Waals surface area contributed by atoms with Gasteiger partial charge < -0.3 is 9.84 Å². The lowest BCUT2D eigenvalue weighted by atomic mass is 10.1. The summed E-state index contributed by atoms with van der Waals surface area (Å²) in [6.07, 6.45) is 2.97. The zero-order valence-electron chi connectivity index (χ0n) is 11.6. The number of fused-ring (bicyclic) bond motifs is 1. The topological polar surface area (TPSA) is 77.2 Å². The second kappa shape index (κ2) is 5.58. The zero-order valence-corrected chi connectivity index (χ0v) is 11.6. The average Bonchev–Trinajstić information content (AvgIpc) is 3.03. The van der Waals surface area contributed by atoms with E-state index in [2.05, 4.69) is 26.7 Å². The highest BCUT2D eigenvalue weighted by molar-refractivity contribution is 5.89. The molecular formula is C16H11N3O3. The molecule has 22 heavy (non-hydrogen) atoms. The maximum atomic E-state index is 11.3. The number of ether oxygens (including phenoxy) is 1. The van der Waals surface area contributed by atoms with Gasteiger partial charge in [0.1, 0.15) is 6.33 Å². The minimum Gasteiger partial charge on any atom is -0.493 e. The lowest BCUT2D eigenvalue weighted by molar-refractivity contribution is 0.0600. The maximum Gasteiger partial charge on any atom is 0.337 e. The van der Waals surface area contributed by atoms with Crippen molar-refractivity contribution in [1.82, 2.24) is 14.5 Å². The predicted molar refractivity (Wildman–Crippen MR) is 78.4 cm³/mol. The number of hydrogen-bond acceptors (Lipinski definition) is 5. The normalized spacial score (nSPS) is 10.0. The van der Waals surface area contributed by atoms with Crippen LogP contribution in [0.4, 0.5) is 0 Å². The Bertz CT molecular complexity index is 856. The van der Waals surface area contributed by atoms with Crippen LogP contribution in [-0.2, 0) is 4.74 Å². The summed E-state index contributed by atoms with van der Waals surface area (Å²) < 4.78 is 5.95. The largest absolute Gasteiger partial charge is 0.493 e. The van der Waals surface area contributed by atoms with E-state index in [-0.39, 0.29) is 5.88 Å². The van der Waals surface area contributed by atoms with E-state index in [4.69, 9.17) is 0 Å². The predicted octanol–water partition coefficient (Wildman–Crippen LogP) is 1.73. The minimum absolute atomic E-state index is 0.0128. The van der Waals surface area contributed by atoms with Gasteiger partial charge in [-0.15, -0.1) is 0 Å². The maximum absolute atomic E-state index is 11.3. The van der Waals surface area contributed by atoms with E-state index < -0.39 is 5.97 Å². The van der Waals surface area contributed by atoms with Gasteiger partial charge in [0, 0.05) is 17.8 Å². The number of benzene rings is 1. The molecule has 108 valence electrons. The van der Waals surface area contributed by atoms with Crippen molar-refractivity contribution < 1.29 is 14.6 Å². The van der Waals surface area contributed by atoms with Gasteiger partial charge in [-0.1, -0.05) is 0 Å². The Balaban J connectivity index is 1.90. The van der Waals surface area contributed by atoms with E-state index in [0.717, 1.165) is 0 Å². The van der Waals surface area contributed by atoms with E-state index in [0.29, 0.717) is 22.5 Å². The molecule has 6 heteroatoms. The van der Waals surface area contributed by atoms with Gasteiger partial charge in [0.25, 0.3) is 0 Å². The van der Waals surface area contributed by atoms with E-state index in [1.165, 1.54) is 18.0 Å². The van der Waals surface area contributed by atoms with Gasteiger partial charge in [0.15, 0.2) is 5.82 Å². The van der Waals surface area contributed by atoms with Crippen LogP contribution < -0.4 is 0 Å². The number of hydrogen-bond donors (Lipinski definition) is 1. The van der Waals surface area contributed by atoms with Crippen molar-refractivity contribution in [2.24, 2.45) is 0 Å². The molecule has 1 N–H and O–H groups in total. The first-order chi connectivity index (χ1) is 10.7. The highest BCUT2D eigenvalue weighted by atomic mass is 16.5. The van der Waals surface area contributed by atoms with Crippen molar-refractivity contribution in [2.75, 3.05) is 7.11 Å². The third-order valence-corrected chi connectivity index (χ3v) is 3.07. The molecule has 0 bridgehead atoms. The van der Waals surface area contributed by atoms with E-state index >= 15 is 0 Å². The number of carbonyl (C=O) groups excluding carboxylic acids is 1. The molecule has 2 aliphatic heterocycles. The molecule has 6 nitrogen and oxygen atoms in total. The number of aromatic nitrogens is 3. The summed E-state index contributed by atoms with van der Waals surface area (Å²) in [4.78, 5) is 19.4. The molecule has 0 fully saturated rings. The summed E-state index contributed by atoms with van der Waals surface area (Å²) in [7, 11) is 1.33. The second-order valence-electron chi connectivity index (χ2n) is 4.43. The Labute approximate surface area is 126 Å². The summed E-state index contributed by atoms with van der Waals surface area (Å²) in [6.45, 7) is 0.